The van der Waals surface area contributed by atoms with Gasteiger partial charge in [-0.05, 0) is 17.7 Å². The predicted molar refractivity (Wildman–Crippen MR) is 137 cm³/mol. The lowest BCUT2D eigenvalue weighted by atomic mass is 9.77. The second-order valence-electron chi connectivity index (χ2n) is 10.5. The van der Waals surface area contributed by atoms with Gasteiger partial charge in [0, 0.05) is 45.1 Å². The van der Waals surface area contributed by atoms with Gasteiger partial charge in [0.2, 0.25) is 17.7 Å². The van der Waals surface area contributed by atoms with Crippen LogP contribution in [0.5, 0.6) is 0 Å². The molecule has 2 aliphatic heterocycles. The van der Waals surface area contributed by atoms with E-state index in [1.165, 1.54) is 0 Å². The molecule has 37 heavy (non-hydrogen) atoms. The van der Waals surface area contributed by atoms with E-state index in [1.54, 1.807) is 32.1 Å². The number of piperazine rings is 1. The summed E-state index contributed by atoms with van der Waals surface area (Å²) in [7, 11) is 1.60. The molecule has 2 aromatic rings. The van der Waals surface area contributed by atoms with Gasteiger partial charge < -0.3 is 25.0 Å². The maximum Gasteiger partial charge on any atom is 0.229 e. The molecule has 0 spiro atoms. The molecule has 0 aliphatic carbocycles. The minimum Gasteiger partial charge on any atom is -0.378 e. The second-order valence-corrected chi connectivity index (χ2v) is 10.5. The van der Waals surface area contributed by atoms with Crippen LogP contribution in [0.2, 0.25) is 0 Å². The molecule has 2 unspecified atom stereocenters. The fraction of sp³-hybridized carbons (Fsp3) is 0.500. The van der Waals surface area contributed by atoms with Gasteiger partial charge in [0.05, 0.1) is 42.6 Å². The van der Waals surface area contributed by atoms with Crippen LogP contribution in [0.4, 0.5) is 0 Å². The van der Waals surface area contributed by atoms with Crippen molar-refractivity contribution in [2.45, 2.75) is 44.9 Å². The fourth-order valence-electron chi connectivity index (χ4n) is 5.47. The lowest BCUT2D eigenvalue weighted by Crippen LogP contribution is -2.67. The highest BCUT2D eigenvalue weighted by Crippen LogP contribution is 2.40. The van der Waals surface area contributed by atoms with Gasteiger partial charge in [-0.2, -0.15) is 0 Å². The van der Waals surface area contributed by atoms with Gasteiger partial charge in [-0.3, -0.25) is 19.4 Å². The third-order valence-electron chi connectivity index (χ3n) is 7.87. The smallest absolute Gasteiger partial charge is 0.229 e. The van der Waals surface area contributed by atoms with E-state index in [1.807, 2.05) is 53.4 Å². The average Bonchev–Trinajstić information content (AvgIpc) is 3.17. The molecule has 9 nitrogen and oxygen atoms in total. The largest absolute Gasteiger partial charge is 0.378 e. The lowest BCUT2D eigenvalue weighted by Gasteiger charge is -2.50. The molecule has 9 heteroatoms. The van der Waals surface area contributed by atoms with Gasteiger partial charge in [0.15, 0.2) is 0 Å². The van der Waals surface area contributed by atoms with E-state index in [9.17, 15) is 14.4 Å². The summed E-state index contributed by atoms with van der Waals surface area (Å²) in [5, 5.41) is 0. The number of rotatable bonds is 10. The number of hydrogen-bond acceptors (Lipinski definition) is 6. The van der Waals surface area contributed by atoms with Crippen molar-refractivity contribution in [3.8, 4) is 0 Å². The topological polar surface area (TPSA) is 115 Å². The zero-order valence-electron chi connectivity index (χ0n) is 21.8. The van der Waals surface area contributed by atoms with Crippen molar-refractivity contribution in [3.63, 3.8) is 0 Å². The molecule has 2 N–H and O–H groups in total. The molecule has 198 valence electrons. The van der Waals surface area contributed by atoms with E-state index in [-0.39, 0.29) is 31.4 Å². The summed E-state index contributed by atoms with van der Waals surface area (Å²) in [6.45, 7) is 4.74. The first-order valence-corrected chi connectivity index (χ1v) is 12.6. The number of nitrogens with two attached hydrogens (primary N) is 1. The Kier molecular flexibility index (Phi) is 7.94. The zero-order chi connectivity index (χ0) is 26.6. The molecule has 0 radical (unpaired) electrons. The van der Waals surface area contributed by atoms with Crippen LogP contribution in [0.25, 0.3) is 0 Å². The number of methoxy groups -OCH3 is 1. The standard InChI is InChI=1S/C28H36N4O5/c1-27(2,26(29)35)22(18-37-17-20-9-5-4-6-10-20)25(34)31-13-14-32-24(33)15-23(36-3)28(32,19-31)16-21-11-7-8-12-30-21/h4-12,22-23H,13-19H2,1-3H3,(H2,29,35)/t22-,23?,28?/m1/s1. The van der Waals surface area contributed by atoms with E-state index >= 15 is 0 Å². The second kappa shape index (κ2) is 11.0. The number of amides is 3. The number of hydrogen-bond donors (Lipinski definition) is 1. The van der Waals surface area contributed by atoms with Crippen molar-refractivity contribution in [2.24, 2.45) is 17.1 Å². The van der Waals surface area contributed by atoms with Crippen molar-refractivity contribution in [1.29, 1.82) is 0 Å². The van der Waals surface area contributed by atoms with Gasteiger partial charge in [-0.1, -0.05) is 50.2 Å². The first-order chi connectivity index (χ1) is 17.7. The minimum atomic E-state index is -1.13. The highest BCUT2D eigenvalue weighted by atomic mass is 16.5. The molecule has 4 rings (SSSR count). The summed E-state index contributed by atoms with van der Waals surface area (Å²) in [6.07, 6.45) is 2.03. The SMILES string of the molecule is COC1CC(=O)N2CCN(C(=O)[C@@H](COCc3ccccc3)C(C)(C)C(N)=O)CC12Cc1ccccn1. The molecule has 3 heterocycles. The Labute approximate surface area is 217 Å². The van der Waals surface area contributed by atoms with Crippen LogP contribution in [0, 0.1) is 11.3 Å². The Hall–Kier alpha value is -3.30. The van der Waals surface area contributed by atoms with Crippen molar-refractivity contribution >= 4 is 17.7 Å². The van der Waals surface area contributed by atoms with Crippen molar-refractivity contribution in [1.82, 2.24) is 14.8 Å². The van der Waals surface area contributed by atoms with Crippen LogP contribution >= 0.6 is 0 Å². The molecule has 1 aromatic heterocycles. The molecule has 0 saturated carbocycles. The van der Waals surface area contributed by atoms with Gasteiger partial charge in [-0.25, -0.2) is 0 Å². The normalized spacial score (nSPS) is 22.6. The molecular weight excluding hydrogens is 472 g/mol. The third kappa shape index (κ3) is 5.38. The number of pyridine rings is 1. The maximum absolute atomic E-state index is 14.0. The Morgan fingerprint density at radius 3 is 2.54 bits per heavy atom. The van der Waals surface area contributed by atoms with Crippen molar-refractivity contribution in [2.75, 3.05) is 33.4 Å². The van der Waals surface area contributed by atoms with Crippen LogP contribution in [0.3, 0.4) is 0 Å². The number of benzene rings is 1. The van der Waals surface area contributed by atoms with Crippen LogP contribution < -0.4 is 5.73 Å². The summed E-state index contributed by atoms with van der Waals surface area (Å²) < 4.78 is 11.8. The first-order valence-electron chi connectivity index (χ1n) is 12.6. The zero-order valence-corrected chi connectivity index (χ0v) is 21.8. The Balaban J connectivity index is 1.59. The number of nitrogens with zero attached hydrogens (tertiary/aromatic N) is 3. The van der Waals surface area contributed by atoms with Gasteiger partial charge in [-0.15, -0.1) is 0 Å². The molecule has 3 amide bonds. The summed E-state index contributed by atoms with van der Waals surface area (Å²) in [5.74, 6) is -1.56. The molecule has 1 aromatic carbocycles. The Morgan fingerprint density at radius 2 is 1.89 bits per heavy atom. The van der Waals surface area contributed by atoms with Crippen LogP contribution in [0.1, 0.15) is 31.5 Å². The van der Waals surface area contributed by atoms with Crippen LogP contribution in [-0.4, -0.2) is 77.5 Å². The van der Waals surface area contributed by atoms with E-state index < -0.39 is 28.9 Å². The first kappa shape index (κ1) is 26.8. The van der Waals surface area contributed by atoms with Gasteiger partial charge >= 0.3 is 0 Å². The predicted octanol–water partition coefficient (Wildman–Crippen LogP) is 1.80. The average molecular weight is 509 g/mol. The van der Waals surface area contributed by atoms with Gasteiger partial charge in [0.1, 0.15) is 0 Å². The van der Waals surface area contributed by atoms with E-state index in [4.69, 9.17) is 15.2 Å². The lowest BCUT2D eigenvalue weighted by molar-refractivity contribution is -0.157. The molecule has 3 atom stereocenters. The fourth-order valence-corrected chi connectivity index (χ4v) is 5.47. The number of ether oxygens (including phenoxy) is 2. The minimum absolute atomic E-state index is 0.00934. The van der Waals surface area contributed by atoms with E-state index in [0.717, 1.165) is 11.3 Å². The van der Waals surface area contributed by atoms with Crippen LogP contribution in [-0.2, 0) is 36.9 Å². The number of carbonyl (C=O) groups is 3. The molecule has 2 fully saturated rings. The van der Waals surface area contributed by atoms with E-state index in [0.29, 0.717) is 26.1 Å². The Morgan fingerprint density at radius 1 is 1.16 bits per heavy atom. The number of aromatic nitrogens is 1. The highest BCUT2D eigenvalue weighted by molar-refractivity contribution is 5.90. The highest BCUT2D eigenvalue weighted by Gasteiger charge is 2.57. The third-order valence-corrected chi connectivity index (χ3v) is 7.87. The maximum atomic E-state index is 14.0. The monoisotopic (exact) mass is 508 g/mol. The molecule has 0 bridgehead atoms. The molecule has 2 saturated heterocycles. The van der Waals surface area contributed by atoms with Gasteiger partial charge in [0.25, 0.3) is 0 Å². The quantitative estimate of drug-likeness (QED) is 0.523. The summed E-state index contributed by atoms with van der Waals surface area (Å²) >= 11 is 0. The summed E-state index contributed by atoms with van der Waals surface area (Å²) in [5.41, 5.74) is 5.66. The summed E-state index contributed by atoms with van der Waals surface area (Å²) in [4.78, 5) is 47.5. The molecular formula is C28H36N4O5. The number of carbonyl (C=O) groups excluding carboxylic acids is 3. The number of primary amides is 1. The Bertz CT molecular complexity index is 1110. The number of fused-ring (bicyclic) bond motifs is 1. The molecule has 2 aliphatic rings. The van der Waals surface area contributed by atoms with Crippen molar-refractivity contribution < 1.29 is 23.9 Å². The van der Waals surface area contributed by atoms with Crippen LogP contribution in [0.15, 0.2) is 54.7 Å². The summed E-state index contributed by atoms with van der Waals surface area (Å²) in [6, 6.07) is 15.3. The van der Waals surface area contributed by atoms with E-state index in [2.05, 4.69) is 4.98 Å². The van der Waals surface area contributed by atoms with Crippen molar-refractivity contribution in [3.05, 3.63) is 66.0 Å².